The molecule has 2 nitrogen and oxygen atoms in total. The van der Waals surface area contributed by atoms with E-state index in [4.69, 9.17) is 0 Å². The minimum Gasteiger partial charge on any atom is -0.392 e. The summed E-state index contributed by atoms with van der Waals surface area (Å²) in [5, 5.41) is 13.2. The average molecular weight is 183 g/mol. The molecule has 2 N–H and O–H groups in total. The molecule has 0 aromatic rings. The highest BCUT2D eigenvalue weighted by Crippen LogP contribution is 2.44. The molecule has 0 spiro atoms. The number of hydrogen-bond donors (Lipinski definition) is 2. The predicted molar refractivity (Wildman–Crippen MR) is 53.6 cm³/mol. The maximum atomic E-state index is 9.72. The van der Waals surface area contributed by atoms with Gasteiger partial charge in [-0.2, -0.15) is 0 Å². The van der Waals surface area contributed by atoms with E-state index in [0.717, 1.165) is 19.4 Å². The zero-order valence-corrected chi connectivity index (χ0v) is 8.55. The first-order chi connectivity index (χ1) is 6.20. The van der Waals surface area contributed by atoms with E-state index in [1.807, 2.05) is 0 Å². The first-order valence-corrected chi connectivity index (χ1v) is 5.61. The van der Waals surface area contributed by atoms with Crippen molar-refractivity contribution in [3.8, 4) is 0 Å². The lowest BCUT2D eigenvalue weighted by atomic mass is 9.92. The molecule has 2 heteroatoms. The highest BCUT2D eigenvalue weighted by molar-refractivity contribution is 4.92. The van der Waals surface area contributed by atoms with Gasteiger partial charge in [-0.25, -0.2) is 0 Å². The maximum Gasteiger partial charge on any atom is 0.0693 e. The molecule has 0 aromatic carbocycles. The predicted octanol–water partition coefficient (Wildman–Crippen LogP) is 1.68. The SMILES string of the molecule is CC1(CN[C@@H]2CCCC[C@H]2O)CC1. The van der Waals surface area contributed by atoms with E-state index in [9.17, 15) is 5.11 Å². The molecule has 76 valence electrons. The summed E-state index contributed by atoms with van der Waals surface area (Å²) in [4.78, 5) is 0. The fourth-order valence-electron chi connectivity index (χ4n) is 2.12. The van der Waals surface area contributed by atoms with Crippen molar-refractivity contribution in [2.75, 3.05) is 6.54 Å². The van der Waals surface area contributed by atoms with Gasteiger partial charge in [-0.05, 0) is 31.1 Å². The van der Waals surface area contributed by atoms with Crippen LogP contribution in [0.25, 0.3) is 0 Å². The van der Waals surface area contributed by atoms with Crippen LogP contribution in [0.1, 0.15) is 45.4 Å². The van der Waals surface area contributed by atoms with Crippen molar-refractivity contribution in [2.45, 2.75) is 57.6 Å². The zero-order chi connectivity index (χ0) is 9.31. The third-order valence-electron chi connectivity index (χ3n) is 3.62. The summed E-state index contributed by atoms with van der Waals surface area (Å²) in [6, 6.07) is 0.381. The topological polar surface area (TPSA) is 32.3 Å². The average Bonchev–Trinajstić information content (AvgIpc) is 2.83. The van der Waals surface area contributed by atoms with Crippen LogP contribution >= 0.6 is 0 Å². The Hall–Kier alpha value is -0.0800. The molecule has 2 rings (SSSR count). The Labute approximate surface area is 80.7 Å². The Morgan fingerprint density at radius 1 is 1.31 bits per heavy atom. The molecular weight excluding hydrogens is 162 g/mol. The number of rotatable bonds is 3. The normalized spacial score (nSPS) is 37.4. The van der Waals surface area contributed by atoms with Crippen LogP contribution in [-0.2, 0) is 0 Å². The second kappa shape index (κ2) is 3.58. The summed E-state index contributed by atoms with van der Waals surface area (Å²) < 4.78 is 0. The number of hydrogen-bond acceptors (Lipinski definition) is 2. The smallest absolute Gasteiger partial charge is 0.0693 e. The van der Waals surface area contributed by atoms with Crippen LogP contribution in [0.15, 0.2) is 0 Å². The van der Waals surface area contributed by atoms with Crippen LogP contribution in [0, 0.1) is 5.41 Å². The molecule has 2 fully saturated rings. The molecule has 0 amide bonds. The molecule has 0 heterocycles. The van der Waals surface area contributed by atoms with Crippen molar-refractivity contribution in [1.82, 2.24) is 5.32 Å². The number of nitrogens with one attached hydrogen (secondary N) is 1. The molecule has 0 bridgehead atoms. The van der Waals surface area contributed by atoms with Gasteiger partial charge in [0, 0.05) is 12.6 Å². The van der Waals surface area contributed by atoms with Gasteiger partial charge >= 0.3 is 0 Å². The van der Waals surface area contributed by atoms with Gasteiger partial charge in [0.25, 0.3) is 0 Å². The summed E-state index contributed by atoms with van der Waals surface area (Å²) in [5.41, 5.74) is 0.567. The molecule has 0 aliphatic heterocycles. The fraction of sp³-hybridized carbons (Fsp3) is 1.00. The van der Waals surface area contributed by atoms with Gasteiger partial charge in [0.15, 0.2) is 0 Å². The van der Waals surface area contributed by atoms with Crippen molar-refractivity contribution < 1.29 is 5.11 Å². The Morgan fingerprint density at radius 3 is 2.62 bits per heavy atom. The van der Waals surface area contributed by atoms with Crippen molar-refractivity contribution in [3.63, 3.8) is 0 Å². The quantitative estimate of drug-likeness (QED) is 0.697. The van der Waals surface area contributed by atoms with Gasteiger partial charge in [0.05, 0.1) is 6.10 Å². The molecule has 2 saturated carbocycles. The Bertz CT molecular complexity index is 177. The largest absolute Gasteiger partial charge is 0.392 e. The number of aliphatic hydroxyl groups excluding tert-OH is 1. The summed E-state index contributed by atoms with van der Waals surface area (Å²) in [6.45, 7) is 3.43. The minimum atomic E-state index is -0.0869. The van der Waals surface area contributed by atoms with E-state index in [2.05, 4.69) is 12.2 Å². The van der Waals surface area contributed by atoms with E-state index in [-0.39, 0.29) is 6.10 Å². The van der Waals surface area contributed by atoms with Crippen LogP contribution in [0.3, 0.4) is 0 Å². The van der Waals surface area contributed by atoms with Crippen LogP contribution in [0.5, 0.6) is 0 Å². The van der Waals surface area contributed by atoms with Crippen LogP contribution in [0.4, 0.5) is 0 Å². The van der Waals surface area contributed by atoms with Crippen molar-refractivity contribution >= 4 is 0 Å². The molecule has 0 saturated heterocycles. The Kier molecular flexibility index (Phi) is 2.61. The van der Waals surface area contributed by atoms with E-state index < -0.39 is 0 Å². The van der Waals surface area contributed by atoms with Crippen molar-refractivity contribution in [2.24, 2.45) is 5.41 Å². The highest BCUT2D eigenvalue weighted by Gasteiger charge is 2.37. The third kappa shape index (κ3) is 2.44. The Balaban J connectivity index is 1.73. The molecule has 13 heavy (non-hydrogen) atoms. The molecule has 0 unspecified atom stereocenters. The van der Waals surface area contributed by atoms with Crippen molar-refractivity contribution in [1.29, 1.82) is 0 Å². The first-order valence-electron chi connectivity index (χ1n) is 5.61. The van der Waals surface area contributed by atoms with Gasteiger partial charge in [0.2, 0.25) is 0 Å². The molecular formula is C11H21NO. The zero-order valence-electron chi connectivity index (χ0n) is 8.55. The van der Waals surface area contributed by atoms with Crippen LogP contribution in [0.2, 0.25) is 0 Å². The summed E-state index contributed by atoms with van der Waals surface area (Å²) in [6.07, 6.45) is 7.29. The second-order valence-corrected chi connectivity index (χ2v) is 5.15. The van der Waals surface area contributed by atoms with Crippen LogP contribution in [-0.4, -0.2) is 23.8 Å². The van der Waals surface area contributed by atoms with Gasteiger partial charge < -0.3 is 10.4 Å². The van der Waals surface area contributed by atoms with Gasteiger partial charge in [0.1, 0.15) is 0 Å². The lowest BCUT2D eigenvalue weighted by molar-refractivity contribution is 0.0886. The Morgan fingerprint density at radius 2 is 2.00 bits per heavy atom. The van der Waals surface area contributed by atoms with E-state index in [1.54, 1.807) is 0 Å². The standard InChI is InChI=1S/C11H21NO/c1-11(6-7-11)8-12-9-4-2-3-5-10(9)13/h9-10,12-13H,2-8H2,1H3/t9-,10-/m1/s1. The lowest BCUT2D eigenvalue weighted by Crippen LogP contribution is -2.44. The third-order valence-corrected chi connectivity index (χ3v) is 3.62. The van der Waals surface area contributed by atoms with E-state index >= 15 is 0 Å². The molecule has 0 radical (unpaired) electrons. The van der Waals surface area contributed by atoms with Crippen LogP contribution < -0.4 is 5.32 Å². The molecule has 0 aromatic heterocycles. The van der Waals surface area contributed by atoms with Gasteiger partial charge in [-0.3, -0.25) is 0 Å². The second-order valence-electron chi connectivity index (χ2n) is 5.15. The number of aliphatic hydroxyl groups is 1. The summed E-state index contributed by atoms with van der Waals surface area (Å²) >= 11 is 0. The molecule has 2 atom stereocenters. The lowest BCUT2D eigenvalue weighted by Gasteiger charge is -2.29. The monoisotopic (exact) mass is 183 g/mol. The van der Waals surface area contributed by atoms with E-state index in [1.165, 1.54) is 25.7 Å². The molecule has 2 aliphatic carbocycles. The molecule has 2 aliphatic rings. The summed E-state index contributed by atoms with van der Waals surface area (Å²) in [7, 11) is 0. The fourth-order valence-corrected chi connectivity index (χ4v) is 2.12. The summed E-state index contributed by atoms with van der Waals surface area (Å²) in [5.74, 6) is 0. The first kappa shape index (κ1) is 9.47. The maximum absolute atomic E-state index is 9.72. The van der Waals surface area contributed by atoms with E-state index in [0.29, 0.717) is 11.5 Å². The van der Waals surface area contributed by atoms with Gasteiger partial charge in [-0.15, -0.1) is 0 Å². The minimum absolute atomic E-state index is 0.0869. The van der Waals surface area contributed by atoms with Crippen molar-refractivity contribution in [3.05, 3.63) is 0 Å². The highest BCUT2D eigenvalue weighted by atomic mass is 16.3. The van der Waals surface area contributed by atoms with Gasteiger partial charge in [-0.1, -0.05) is 19.8 Å².